The van der Waals surface area contributed by atoms with Gasteiger partial charge in [-0.15, -0.1) is 0 Å². The summed E-state index contributed by atoms with van der Waals surface area (Å²) >= 11 is 0. The fourth-order valence-corrected chi connectivity index (χ4v) is 2.03. The van der Waals surface area contributed by atoms with Crippen LogP contribution in [0.25, 0.3) is 0 Å². The van der Waals surface area contributed by atoms with Gasteiger partial charge in [-0.05, 0) is 37.1 Å². The Morgan fingerprint density at radius 2 is 1.89 bits per heavy atom. The fraction of sp³-hybridized carbons (Fsp3) is 0.357. The van der Waals surface area contributed by atoms with Crippen LogP contribution >= 0.6 is 0 Å². The van der Waals surface area contributed by atoms with Crippen molar-refractivity contribution in [3.63, 3.8) is 0 Å². The van der Waals surface area contributed by atoms with Gasteiger partial charge in [0.25, 0.3) is 0 Å². The van der Waals surface area contributed by atoms with Gasteiger partial charge >= 0.3 is 0 Å². The molecule has 2 aromatic rings. The number of benzene rings is 1. The fourth-order valence-electron chi connectivity index (χ4n) is 2.03. The highest BCUT2D eigenvalue weighted by atomic mass is 19.1. The highest BCUT2D eigenvalue weighted by molar-refractivity contribution is 5.26. The van der Waals surface area contributed by atoms with Crippen molar-refractivity contribution in [1.82, 2.24) is 9.78 Å². The zero-order chi connectivity index (χ0) is 14.0. The summed E-state index contributed by atoms with van der Waals surface area (Å²) in [7, 11) is 0. The van der Waals surface area contributed by atoms with E-state index in [0.717, 1.165) is 30.3 Å². The van der Waals surface area contributed by atoms with Gasteiger partial charge in [0, 0.05) is 25.2 Å². The molecule has 0 bridgehead atoms. The maximum absolute atomic E-state index is 13.2. The molecule has 19 heavy (non-hydrogen) atoms. The first kappa shape index (κ1) is 13.7. The van der Waals surface area contributed by atoms with Crippen LogP contribution in [0.2, 0.25) is 0 Å². The highest BCUT2D eigenvalue weighted by Gasteiger charge is 2.25. The van der Waals surface area contributed by atoms with E-state index >= 15 is 0 Å². The first-order valence-corrected chi connectivity index (χ1v) is 6.11. The predicted octanol–water partition coefficient (Wildman–Crippen LogP) is 2.63. The number of rotatable bonds is 4. The highest BCUT2D eigenvalue weighted by Crippen LogP contribution is 2.26. The molecule has 1 N–H and O–H groups in total. The second-order valence-corrected chi connectivity index (χ2v) is 4.81. The molecule has 0 spiro atoms. The van der Waals surface area contributed by atoms with Crippen LogP contribution in [0.5, 0.6) is 0 Å². The number of hydrogen-bond donors (Lipinski definition) is 1. The first-order chi connectivity index (χ1) is 8.90. The molecule has 2 rings (SSSR count). The maximum Gasteiger partial charge on any atom is 0.126 e. The summed E-state index contributed by atoms with van der Waals surface area (Å²) in [6.07, 6.45) is 3.70. The summed E-state index contributed by atoms with van der Waals surface area (Å²) < 4.78 is 28.1. The third kappa shape index (κ3) is 3.17. The molecule has 1 heterocycles. The van der Waals surface area contributed by atoms with Crippen molar-refractivity contribution in [2.75, 3.05) is 0 Å². The van der Waals surface area contributed by atoms with E-state index in [4.69, 9.17) is 0 Å². The van der Waals surface area contributed by atoms with Crippen molar-refractivity contribution in [2.24, 2.45) is 0 Å². The van der Waals surface area contributed by atoms with Gasteiger partial charge in [0.1, 0.15) is 11.6 Å². The van der Waals surface area contributed by atoms with Crippen molar-refractivity contribution >= 4 is 0 Å². The topological polar surface area (TPSA) is 38.0 Å². The van der Waals surface area contributed by atoms with Gasteiger partial charge in [0.2, 0.25) is 0 Å². The van der Waals surface area contributed by atoms with Crippen molar-refractivity contribution < 1.29 is 13.9 Å². The van der Waals surface area contributed by atoms with E-state index in [1.54, 1.807) is 10.9 Å². The third-order valence-electron chi connectivity index (χ3n) is 3.04. The molecule has 0 saturated carbocycles. The van der Waals surface area contributed by atoms with Gasteiger partial charge < -0.3 is 5.11 Å². The third-order valence-corrected chi connectivity index (χ3v) is 3.04. The minimum atomic E-state index is -1.34. The lowest BCUT2D eigenvalue weighted by molar-refractivity contribution is 0.0569. The Balaban J connectivity index is 2.25. The van der Waals surface area contributed by atoms with Gasteiger partial charge in [-0.1, -0.05) is 0 Å². The Morgan fingerprint density at radius 1 is 1.26 bits per heavy atom. The van der Waals surface area contributed by atoms with Crippen LogP contribution in [0, 0.1) is 11.6 Å². The number of aryl methyl sites for hydroxylation is 1. The van der Waals surface area contributed by atoms with E-state index < -0.39 is 17.2 Å². The van der Waals surface area contributed by atoms with Gasteiger partial charge in [-0.2, -0.15) is 5.10 Å². The van der Waals surface area contributed by atoms with Crippen LogP contribution in [-0.2, 0) is 18.6 Å². The zero-order valence-corrected chi connectivity index (χ0v) is 10.9. The Kier molecular flexibility index (Phi) is 3.66. The van der Waals surface area contributed by atoms with Crippen molar-refractivity contribution in [2.45, 2.75) is 32.4 Å². The van der Waals surface area contributed by atoms with Gasteiger partial charge in [0.05, 0.1) is 11.8 Å². The van der Waals surface area contributed by atoms with Gasteiger partial charge in [-0.25, -0.2) is 8.78 Å². The van der Waals surface area contributed by atoms with Crippen LogP contribution in [0.3, 0.4) is 0 Å². The van der Waals surface area contributed by atoms with E-state index in [1.165, 1.54) is 6.92 Å². The Labute approximate surface area is 110 Å². The second kappa shape index (κ2) is 5.09. The summed E-state index contributed by atoms with van der Waals surface area (Å²) in [6, 6.07) is 3.08. The molecule has 1 aromatic heterocycles. The average Bonchev–Trinajstić information content (AvgIpc) is 2.74. The molecule has 0 aliphatic carbocycles. The van der Waals surface area contributed by atoms with Gasteiger partial charge in [0.15, 0.2) is 0 Å². The number of aromatic nitrogens is 2. The Morgan fingerprint density at radius 3 is 2.42 bits per heavy atom. The molecular formula is C14H16F2N2O. The van der Waals surface area contributed by atoms with E-state index in [2.05, 4.69) is 5.10 Å². The number of nitrogens with zero attached hydrogens (tertiary/aromatic N) is 2. The molecule has 1 atom stereocenters. The number of hydrogen-bond acceptors (Lipinski definition) is 2. The average molecular weight is 266 g/mol. The first-order valence-electron chi connectivity index (χ1n) is 6.11. The molecule has 1 aromatic carbocycles. The van der Waals surface area contributed by atoms with Crippen LogP contribution < -0.4 is 0 Å². The minimum absolute atomic E-state index is 0.217. The lowest BCUT2D eigenvalue weighted by atomic mass is 9.90. The smallest absolute Gasteiger partial charge is 0.126 e. The van der Waals surface area contributed by atoms with E-state index in [0.29, 0.717) is 0 Å². The van der Waals surface area contributed by atoms with E-state index in [1.807, 2.05) is 13.1 Å². The van der Waals surface area contributed by atoms with Crippen LogP contribution in [-0.4, -0.2) is 14.9 Å². The quantitative estimate of drug-likeness (QED) is 0.923. The standard InChI is InChI=1S/C14H16F2N2O/c1-3-18-9-10(8-17-18)7-14(2,19)11-4-12(15)6-13(16)5-11/h4-6,8-9,19H,3,7H2,1-2H3. The maximum atomic E-state index is 13.2. The molecule has 0 amide bonds. The summed E-state index contributed by atoms with van der Waals surface area (Å²) in [5, 5.41) is 14.5. The molecule has 0 fully saturated rings. The molecule has 0 aliphatic rings. The molecular weight excluding hydrogens is 250 g/mol. The normalized spacial score (nSPS) is 14.4. The van der Waals surface area contributed by atoms with Crippen molar-refractivity contribution in [3.8, 4) is 0 Å². The number of aliphatic hydroxyl groups is 1. The lowest BCUT2D eigenvalue weighted by Crippen LogP contribution is -2.24. The predicted molar refractivity (Wildman–Crippen MR) is 67.5 cm³/mol. The van der Waals surface area contributed by atoms with E-state index in [-0.39, 0.29) is 12.0 Å². The van der Waals surface area contributed by atoms with Gasteiger partial charge in [-0.3, -0.25) is 4.68 Å². The Hall–Kier alpha value is -1.75. The monoisotopic (exact) mass is 266 g/mol. The summed E-state index contributed by atoms with van der Waals surface area (Å²) in [5.74, 6) is -1.39. The summed E-state index contributed by atoms with van der Waals surface area (Å²) in [6.45, 7) is 4.22. The summed E-state index contributed by atoms with van der Waals surface area (Å²) in [5.41, 5.74) is -0.310. The summed E-state index contributed by atoms with van der Waals surface area (Å²) in [4.78, 5) is 0. The molecule has 5 heteroatoms. The molecule has 0 aliphatic heterocycles. The van der Waals surface area contributed by atoms with Crippen LogP contribution in [0.1, 0.15) is 25.0 Å². The lowest BCUT2D eigenvalue weighted by Gasteiger charge is -2.23. The molecule has 1 unspecified atom stereocenters. The Bertz CT molecular complexity index is 558. The van der Waals surface area contributed by atoms with Crippen LogP contribution in [0.15, 0.2) is 30.6 Å². The van der Waals surface area contributed by atoms with E-state index in [9.17, 15) is 13.9 Å². The second-order valence-electron chi connectivity index (χ2n) is 4.81. The minimum Gasteiger partial charge on any atom is -0.385 e. The molecule has 0 saturated heterocycles. The molecule has 3 nitrogen and oxygen atoms in total. The van der Waals surface area contributed by atoms with Crippen molar-refractivity contribution in [3.05, 3.63) is 53.4 Å². The molecule has 0 radical (unpaired) electrons. The van der Waals surface area contributed by atoms with Crippen molar-refractivity contribution in [1.29, 1.82) is 0 Å². The zero-order valence-electron chi connectivity index (χ0n) is 10.9. The largest absolute Gasteiger partial charge is 0.385 e. The SMILES string of the molecule is CCn1cc(CC(C)(O)c2cc(F)cc(F)c2)cn1. The number of halogens is 2. The molecule has 102 valence electrons. The van der Waals surface area contributed by atoms with Crippen LogP contribution in [0.4, 0.5) is 8.78 Å².